The van der Waals surface area contributed by atoms with Gasteiger partial charge in [-0.05, 0) is 33.1 Å². The third-order valence-electron chi connectivity index (χ3n) is 1.84. The molecule has 1 nitrogen and oxygen atoms in total. The Balaban J connectivity index is 2.41. The summed E-state index contributed by atoms with van der Waals surface area (Å²) in [5.74, 6) is 0. The summed E-state index contributed by atoms with van der Waals surface area (Å²) < 4.78 is 0. The first-order chi connectivity index (χ1) is 4.10. The zero-order valence-corrected chi connectivity index (χ0v) is 7.04. The third-order valence-corrected chi connectivity index (χ3v) is 2.22. The summed E-state index contributed by atoms with van der Waals surface area (Å²) in [7, 11) is 0. The fourth-order valence-corrected chi connectivity index (χ4v) is 1.86. The van der Waals surface area contributed by atoms with Crippen molar-refractivity contribution in [1.82, 2.24) is 5.32 Å². The summed E-state index contributed by atoms with van der Waals surface area (Å²) >= 11 is 4.36. The summed E-state index contributed by atoms with van der Waals surface area (Å²) in [6.07, 6.45) is 3.81. The molecule has 1 rings (SSSR count). The van der Waals surface area contributed by atoms with Crippen LogP contribution < -0.4 is 5.32 Å². The lowest BCUT2D eigenvalue weighted by Crippen LogP contribution is -2.46. The van der Waals surface area contributed by atoms with E-state index in [4.69, 9.17) is 0 Å². The average Bonchev–Trinajstić information content (AvgIpc) is 1.60. The van der Waals surface area contributed by atoms with Crippen molar-refractivity contribution in [2.75, 3.05) is 0 Å². The Morgan fingerprint density at radius 2 is 2.22 bits per heavy atom. The quantitative estimate of drug-likeness (QED) is 0.495. The number of rotatable bonds is 0. The fourth-order valence-electron chi connectivity index (χ4n) is 1.33. The molecule has 1 atom stereocenters. The zero-order chi connectivity index (χ0) is 6.91. The molecule has 0 aromatic heterocycles. The van der Waals surface area contributed by atoms with Gasteiger partial charge in [0.15, 0.2) is 0 Å². The van der Waals surface area contributed by atoms with Crippen LogP contribution in [0.2, 0.25) is 0 Å². The Bertz CT molecular complexity index is 101. The number of thiol groups is 1. The van der Waals surface area contributed by atoms with Crippen molar-refractivity contribution >= 4 is 12.6 Å². The Kier molecular flexibility index (Phi) is 2.07. The standard InChI is InChI=1S/C7H15NS/c1-7(2)5-3-4-6(9)8-7/h6,8-9H,3-5H2,1-2H3. The fraction of sp³-hybridized carbons (Fsp3) is 1.00. The first-order valence-corrected chi connectivity index (χ1v) is 4.08. The molecule has 0 spiro atoms. The Hall–Kier alpha value is 0.310. The van der Waals surface area contributed by atoms with Crippen molar-refractivity contribution in [3.63, 3.8) is 0 Å². The van der Waals surface area contributed by atoms with E-state index in [9.17, 15) is 0 Å². The topological polar surface area (TPSA) is 12.0 Å². The van der Waals surface area contributed by atoms with Crippen LogP contribution in [-0.2, 0) is 0 Å². The molecule has 1 fully saturated rings. The molecule has 0 radical (unpaired) electrons. The van der Waals surface area contributed by atoms with Gasteiger partial charge in [-0.3, -0.25) is 0 Å². The van der Waals surface area contributed by atoms with Gasteiger partial charge in [-0.1, -0.05) is 0 Å². The van der Waals surface area contributed by atoms with E-state index in [1.807, 2.05) is 0 Å². The molecule has 0 aromatic rings. The molecule has 0 aromatic carbocycles. The van der Waals surface area contributed by atoms with Crippen molar-refractivity contribution in [1.29, 1.82) is 0 Å². The summed E-state index contributed by atoms with van der Waals surface area (Å²) in [5, 5.41) is 3.84. The average molecular weight is 145 g/mol. The molecule has 9 heavy (non-hydrogen) atoms. The number of piperidine rings is 1. The largest absolute Gasteiger partial charge is 0.301 e. The van der Waals surface area contributed by atoms with Crippen molar-refractivity contribution in [2.45, 2.75) is 44.0 Å². The van der Waals surface area contributed by atoms with E-state index in [2.05, 4.69) is 31.8 Å². The summed E-state index contributed by atoms with van der Waals surface area (Å²) in [4.78, 5) is 0. The van der Waals surface area contributed by atoms with Gasteiger partial charge in [0.1, 0.15) is 0 Å². The molecule has 54 valence electrons. The van der Waals surface area contributed by atoms with E-state index in [1.165, 1.54) is 19.3 Å². The van der Waals surface area contributed by atoms with Crippen LogP contribution in [0.15, 0.2) is 0 Å². The van der Waals surface area contributed by atoms with Crippen molar-refractivity contribution < 1.29 is 0 Å². The normalized spacial score (nSPS) is 34.3. The van der Waals surface area contributed by atoms with Gasteiger partial charge in [-0.2, -0.15) is 12.6 Å². The van der Waals surface area contributed by atoms with E-state index >= 15 is 0 Å². The van der Waals surface area contributed by atoms with Gasteiger partial charge in [0.25, 0.3) is 0 Å². The predicted molar refractivity (Wildman–Crippen MR) is 43.8 cm³/mol. The van der Waals surface area contributed by atoms with Crippen LogP contribution in [0.4, 0.5) is 0 Å². The maximum Gasteiger partial charge on any atom is 0.0506 e. The van der Waals surface area contributed by atoms with E-state index in [-0.39, 0.29) is 0 Å². The van der Waals surface area contributed by atoms with Crippen LogP contribution in [0.3, 0.4) is 0 Å². The maximum atomic E-state index is 4.36. The zero-order valence-electron chi connectivity index (χ0n) is 6.15. The predicted octanol–water partition coefficient (Wildman–Crippen LogP) is 1.79. The van der Waals surface area contributed by atoms with E-state index in [1.54, 1.807) is 0 Å². The van der Waals surface area contributed by atoms with Crippen LogP contribution in [-0.4, -0.2) is 10.9 Å². The van der Waals surface area contributed by atoms with E-state index in [0.29, 0.717) is 10.9 Å². The van der Waals surface area contributed by atoms with Crippen LogP contribution in [0, 0.1) is 0 Å². The van der Waals surface area contributed by atoms with Crippen molar-refractivity contribution in [3.8, 4) is 0 Å². The van der Waals surface area contributed by atoms with E-state index < -0.39 is 0 Å². The molecule has 1 N–H and O–H groups in total. The SMILES string of the molecule is CC1(C)CCCC(S)N1. The highest BCUT2D eigenvalue weighted by atomic mass is 32.1. The van der Waals surface area contributed by atoms with Gasteiger partial charge < -0.3 is 5.32 Å². The van der Waals surface area contributed by atoms with Crippen molar-refractivity contribution in [3.05, 3.63) is 0 Å². The van der Waals surface area contributed by atoms with Crippen LogP contribution in [0.1, 0.15) is 33.1 Å². The molecule has 0 aliphatic carbocycles. The van der Waals surface area contributed by atoms with Gasteiger partial charge in [0, 0.05) is 5.54 Å². The molecule has 1 aliphatic heterocycles. The Morgan fingerprint density at radius 3 is 2.56 bits per heavy atom. The summed E-state index contributed by atoms with van der Waals surface area (Å²) in [6, 6.07) is 0. The van der Waals surface area contributed by atoms with E-state index in [0.717, 1.165) is 0 Å². The molecular formula is C7H15NS. The van der Waals surface area contributed by atoms with Crippen molar-refractivity contribution in [2.24, 2.45) is 0 Å². The lowest BCUT2D eigenvalue weighted by molar-refractivity contribution is 0.290. The molecule has 1 aliphatic rings. The minimum atomic E-state index is 0.324. The number of hydrogen-bond acceptors (Lipinski definition) is 2. The third kappa shape index (κ3) is 2.18. The van der Waals surface area contributed by atoms with Gasteiger partial charge in [-0.15, -0.1) is 0 Å². The summed E-state index contributed by atoms with van der Waals surface area (Å²) in [6.45, 7) is 4.46. The molecule has 1 saturated heterocycles. The van der Waals surface area contributed by atoms with Gasteiger partial charge in [0.2, 0.25) is 0 Å². The second-order valence-electron chi connectivity index (χ2n) is 3.44. The minimum absolute atomic E-state index is 0.324. The second kappa shape index (κ2) is 2.51. The van der Waals surface area contributed by atoms with Gasteiger partial charge >= 0.3 is 0 Å². The first-order valence-electron chi connectivity index (χ1n) is 3.56. The maximum absolute atomic E-state index is 4.36. The number of nitrogens with one attached hydrogen (secondary N) is 1. The monoisotopic (exact) mass is 145 g/mol. The second-order valence-corrected chi connectivity index (χ2v) is 4.06. The summed E-state index contributed by atoms with van der Waals surface area (Å²) in [5.41, 5.74) is 0.324. The number of hydrogen-bond donors (Lipinski definition) is 2. The highest BCUT2D eigenvalue weighted by Gasteiger charge is 2.24. The van der Waals surface area contributed by atoms with Crippen LogP contribution in [0.5, 0.6) is 0 Å². The van der Waals surface area contributed by atoms with Gasteiger partial charge in [-0.25, -0.2) is 0 Å². The Morgan fingerprint density at radius 1 is 1.56 bits per heavy atom. The highest BCUT2D eigenvalue weighted by Crippen LogP contribution is 2.22. The first kappa shape index (κ1) is 7.42. The molecule has 0 saturated carbocycles. The van der Waals surface area contributed by atoms with Crippen LogP contribution in [0.25, 0.3) is 0 Å². The van der Waals surface area contributed by atoms with Gasteiger partial charge in [0.05, 0.1) is 5.37 Å². The molecule has 0 bridgehead atoms. The molecular weight excluding hydrogens is 130 g/mol. The highest BCUT2D eigenvalue weighted by molar-refractivity contribution is 7.80. The molecule has 0 amide bonds. The molecule has 2 heteroatoms. The molecule has 1 heterocycles. The smallest absolute Gasteiger partial charge is 0.0506 e. The minimum Gasteiger partial charge on any atom is -0.301 e. The Labute approximate surface area is 62.6 Å². The molecule has 1 unspecified atom stereocenters. The lowest BCUT2D eigenvalue weighted by Gasteiger charge is -2.34. The van der Waals surface area contributed by atoms with Crippen LogP contribution >= 0.6 is 12.6 Å². The lowest BCUT2D eigenvalue weighted by atomic mass is 9.93.